The van der Waals surface area contributed by atoms with Crippen LogP contribution in [0.2, 0.25) is 0 Å². The fourth-order valence-corrected chi connectivity index (χ4v) is 2.77. The first kappa shape index (κ1) is 12.6. The van der Waals surface area contributed by atoms with Gasteiger partial charge in [-0.2, -0.15) is 0 Å². The third kappa shape index (κ3) is 3.30. The monoisotopic (exact) mass is 232 g/mol. The molecule has 0 radical (unpaired) electrons. The Morgan fingerprint density at radius 2 is 1.94 bits per heavy atom. The molecular weight excluding hydrogens is 208 g/mol. The minimum Gasteiger partial charge on any atom is -0.305 e. The lowest BCUT2D eigenvalue weighted by molar-refractivity contribution is 0.0857. The highest BCUT2D eigenvalue weighted by molar-refractivity contribution is 5.14. The van der Waals surface area contributed by atoms with Gasteiger partial charge in [-0.25, -0.2) is 0 Å². The first-order chi connectivity index (χ1) is 8.16. The second-order valence-electron chi connectivity index (χ2n) is 5.52. The average Bonchev–Trinajstić information content (AvgIpc) is 2.32. The fraction of sp³-hybridized carbons (Fsp3) is 0.600. The Balaban J connectivity index is 1.95. The molecule has 1 heterocycles. The van der Waals surface area contributed by atoms with Crippen LogP contribution in [0.25, 0.3) is 0 Å². The standard InChI is InChI=1S/C15H24N2/c1-13-9-10-17(12-15(13)16(2)3)11-14-7-5-4-6-8-14/h4-8,13,15H,9-12H2,1-3H3/t13-,15+/m1/s1. The summed E-state index contributed by atoms with van der Waals surface area (Å²) in [5.74, 6) is 0.817. The van der Waals surface area contributed by atoms with Gasteiger partial charge < -0.3 is 4.90 Å². The smallest absolute Gasteiger partial charge is 0.0243 e. The van der Waals surface area contributed by atoms with E-state index in [0.717, 1.165) is 12.5 Å². The Hall–Kier alpha value is -0.860. The molecule has 1 aliphatic rings. The molecule has 0 bridgehead atoms. The summed E-state index contributed by atoms with van der Waals surface area (Å²) in [6.07, 6.45) is 1.32. The molecule has 0 amide bonds. The highest BCUT2D eigenvalue weighted by Gasteiger charge is 2.27. The zero-order chi connectivity index (χ0) is 12.3. The van der Waals surface area contributed by atoms with Crippen molar-refractivity contribution >= 4 is 0 Å². The van der Waals surface area contributed by atoms with Crippen LogP contribution in [0.5, 0.6) is 0 Å². The number of hydrogen-bond acceptors (Lipinski definition) is 2. The number of piperidine rings is 1. The zero-order valence-corrected chi connectivity index (χ0v) is 11.3. The van der Waals surface area contributed by atoms with Crippen LogP contribution in [-0.2, 0) is 6.54 Å². The van der Waals surface area contributed by atoms with Gasteiger partial charge in [-0.05, 0) is 38.5 Å². The molecule has 2 heteroatoms. The van der Waals surface area contributed by atoms with Crippen LogP contribution in [0, 0.1) is 5.92 Å². The van der Waals surface area contributed by atoms with Gasteiger partial charge in [0.25, 0.3) is 0 Å². The molecule has 2 rings (SSSR count). The first-order valence-corrected chi connectivity index (χ1v) is 6.59. The second kappa shape index (κ2) is 5.65. The van der Waals surface area contributed by atoms with Crippen molar-refractivity contribution in [2.45, 2.75) is 25.9 Å². The highest BCUT2D eigenvalue weighted by Crippen LogP contribution is 2.21. The van der Waals surface area contributed by atoms with Gasteiger partial charge in [-0.15, -0.1) is 0 Å². The first-order valence-electron chi connectivity index (χ1n) is 6.59. The largest absolute Gasteiger partial charge is 0.305 e. The van der Waals surface area contributed by atoms with Crippen LogP contribution in [0.15, 0.2) is 30.3 Å². The summed E-state index contributed by atoms with van der Waals surface area (Å²) in [5.41, 5.74) is 1.43. The Morgan fingerprint density at radius 3 is 2.59 bits per heavy atom. The van der Waals surface area contributed by atoms with Crippen LogP contribution in [-0.4, -0.2) is 43.0 Å². The highest BCUT2D eigenvalue weighted by atomic mass is 15.2. The normalized spacial score (nSPS) is 26.4. The number of hydrogen-bond donors (Lipinski definition) is 0. The summed E-state index contributed by atoms with van der Waals surface area (Å²) in [4.78, 5) is 4.96. The van der Waals surface area contributed by atoms with Crippen molar-refractivity contribution in [3.63, 3.8) is 0 Å². The molecule has 17 heavy (non-hydrogen) atoms. The summed E-state index contributed by atoms with van der Waals surface area (Å²) in [5, 5.41) is 0. The molecule has 0 spiro atoms. The van der Waals surface area contributed by atoms with Gasteiger partial charge >= 0.3 is 0 Å². The maximum absolute atomic E-state index is 2.58. The molecule has 1 saturated heterocycles. The third-order valence-corrected chi connectivity index (χ3v) is 3.92. The Labute approximate surface area is 105 Å². The van der Waals surface area contributed by atoms with Crippen molar-refractivity contribution in [2.75, 3.05) is 27.2 Å². The summed E-state index contributed by atoms with van der Waals surface area (Å²) < 4.78 is 0. The molecule has 0 aromatic heterocycles. The maximum Gasteiger partial charge on any atom is 0.0243 e. The van der Waals surface area contributed by atoms with Crippen molar-refractivity contribution in [2.24, 2.45) is 5.92 Å². The van der Waals surface area contributed by atoms with E-state index in [1.54, 1.807) is 0 Å². The maximum atomic E-state index is 2.58. The molecule has 0 N–H and O–H groups in total. The van der Waals surface area contributed by atoms with E-state index in [4.69, 9.17) is 0 Å². The van der Waals surface area contributed by atoms with E-state index in [1.165, 1.54) is 25.1 Å². The predicted molar refractivity (Wildman–Crippen MR) is 73.0 cm³/mol. The van der Waals surface area contributed by atoms with Crippen LogP contribution >= 0.6 is 0 Å². The summed E-state index contributed by atoms with van der Waals surface area (Å²) in [6, 6.07) is 11.5. The lowest BCUT2D eigenvalue weighted by atomic mass is 9.92. The number of benzene rings is 1. The number of likely N-dealkylation sites (N-methyl/N-ethyl adjacent to an activating group) is 1. The van der Waals surface area contributed by atoms with Crippen LogP contribution < -0.4 is 0 Å². The molecule has 94 valence electrons. The number of nitrogens with zero attached hydrogens (tertiary/aromatic N) is 2. The Morgan fingerprint density at radius 1 is 1.24 bits per heavy atom. The van der Waals surface area contributed by atoms with Gasteiger partial charge in [-0.3, -0.25) is 4.90 Å². The van der Waals surface area contributed by atoms with Gasteiger partial charge in [0, 0.05) is 19.1 Å². The van der Waals surface area contributed by atoms with Crippen molar-refractivity contribution < 1.29 is 0 Å². The Kier molecular flexibility index (Phi) is 4.19. The lowest BCUT2D eigenvalue weighted by Gasteiger charge is -2.40. The molecule has 0 saturated carbocycles. The average molecular weight is 232 g/mol. The molecule has 1 fully saturated rings. The topological polar surface area (TPSA) is 6.48 Å². The van der Waals surface area contributed by atoms with Crippen LogP contribution in [0.4, 0.5) is 0 Å². The fourth-order valence-electron chi connectivity index (χ4n) is 2.77. The SMILES string of the molecule is C[C@@H]1CCN(Cc2ccccc2)C[C@@H]1N(C)C. The van der Waals surface area contributed by atoms with Crippen molar-refractivity contribution in [1.29, 1.82) is 0 Å². The van der Waals surface area contributed by atoms with Crippen LogP contribution in [0.1, 0.15) is 18.9 Å². The van der Waals surface area contributed by atoms with E-state index in [1.807, 2.05) is 0 Å². The van der Waals surface area contributed by atoms with E-state index >= 15 is 0 Å². The number of likely N-dealkylation sites (tertiary alicyclic amines) is 1. The predicted octanol–water partition coefficient (Wildman–Crippen LogP) is 2.46. The molecule has 0 aliphatic carbocycles. The van der Waals surface area contributed by atoms with Gasteiger partial charge in [-0.1, -0.05) is 37.3 Å². The van der Waals surface area contributed by atoms with Gasteiger partial charge in [0.1, 0.15) is 0 Å². The van der Waals surface area contributed by atoms with E-state index in [-0.39, 0.29) is 0 Å². The van der Waals surface area contributed by atoms with E-state index in [9.17, 15) is 0 Å². The molecule has 1 aromatic rings. The quantitative estimate of drug-likeness (QED) is 0.790. The minimum atomic E-state index is 0.701. The molecule has 1 aromatic carbocycles. The molecule has 2 nitrogen and oxygen atoms in total. The summed E-state index contributed by atoms with van der Waals surface area (Å²) in [6.45, 7) is 5.91. The van der Waals surface area contributed by atoms with Gasteiger partial charge in [0.05, 0.1) is 0 Å². The van der Waals surface area contributed by atoms with Gasteiger partial charge in [0.2, 0.25) is 0 Å². The van der Waals surface area contributed by atoms with E-state index in [2.05, 4.69) is 61.2 Å². The molecule has 2 atom stereocenters. The van der Waals surface area contributed by atoms with E-state index < -0.39 is 0 Å². The molecule has 1 aliphatic heterocycles. The summed E-state index contributed by atoms with van der Waals surface area (Å²) in [7, 11) is 4.40. The van der Waals surface area contributed by atoms with Crippen LogP contribution in [0.3, 0.4) is 0 Å². The van der Waals surface area contributed by atoms with Crippen molar-refractivity contribution in [3.8, 4) is 0 Å². The number of rotatable bonds is 3. The van der Waals surface area contributed by atoms with Gasteiger partial charge in [0.15, 0.2) is 0 Å². The third-order valence-electron chi connectivity index (χ3n) is 3.92. The van der Waals surface area contributed by atoms with Crippen molar-refractivity contribution in [1.82, 2.24) is 9.80 Å². The summed E-state index contributed by atoms with van der Waals surface area (Å²) >= 11 is 0. The minimum absolute atomic E-state index is 0.701. The molecule has 0 unspecified atom stereocenters. The second-order valence-corrected chi connectivity index (χ2v) is 5.52. The Bertz CT molecular complexity index is 334. The zero-order valence-electron chi connectivity index (χ0n) is 11.3. The lowest BCUT2D eigenvalue weighted by Crippen LogP contribution is -2.49. The molecular formula is C15H24N2. The van der Waals surface area contributed by atoms with E-state index in [0.29, 0.717) is 6.04 Å². The van der Waals surface area contributed by atoms with Crippen molar-refractivity contribution in [3.05, 3.63) is 35.9 Å².